The molecule has 2 heterocycles. The van der Waals surface area contributed by atoms with Gasteiger partial charge in [-0.2, -0.15) is 0 Å². The third-order valence-electron chi connectivity index (χ3n) is 7.85. The van der Waals surface area contributed by atoms with E-state index in [-0.39, 0.29) is 30.8 Å². The minimum atomic E-state index is -1.54. The van der Waals surface area contributed by atoms with E-state index in [2.05, 4.69) is 20.8 Å². The molecular formula is C24H44O11. The molecule has 1 aliphatic carbocycles. The molecule has 13 atom stereocenters. The lowest BCUT2D eigenvalue weighted by Crippen LogP contribution is -2.61. The van der Waals surface area contributed by atoms with Crippen LogP contribution in [0.3, 0.4) is 0 Å². The number of hydrogen-bond donors (Lipinski definition) is 7. The van der Waals surface area contributed by atoms with Gasteiger partial charge in [-0.3, -0.25) is 0 Å². The molecule has 0 aromatic rings. The van der Waals surface area contributed by atoms with Gasteiger partial charge in [-0.1, -0.05) is 20.8 Å². The minimum Gasteiger partial charge on any atom is -0.393 e. The maximum absolute atomic E-state index is 10.5. The summed E-state index contributed by atoms with van der Waals surface area (Å²) in [5.74, 6) is 0.711. The average molecular weight is 509 g/mol. The Bertz CT molecular complexity index is 661. The Labute approximate surface area is 206 Å². The Morgan fingerprint density at radius 2 is 1.60 bits per heavy atom. The van der Waals surface area contributed by atoms with Crippen LogP contribution in [0.25, 0.3) is 0 Å². The molecule has 3 aliphatic rings. The van der Waals surface area contributed by atoms with Gasteiger partial charge in [0.15, 0.2) is 12.6 Å². The molecule has 11 heteroatoms. The fraction of sp³-hybridized carbons (Fsp3) is 1.00. The van der Waals surface area contributed by atoms with Crippen LogP contribution >= 0.6 is 0 Å². The van der Waals surface area contributed by atoms with E-state index < -0.39 is 55.3 Å². The first-order valence-electron chi connectivity index (χ1n) is 12.6. The van der Waals surface area contributed by atoms with E-state index in [0.29, 0.717) is 18.3 Å². The molecule has 11 nitrogen and oxygen atoms in total. The molecular weight excluding hydrogens is 464 g/mol. The van der Waals surface area contributed by atoms with Gasteiger partial charge in [-0.25, -0.2) is 0 Å². The molecule has 0 radical (unpaired) electrons. The van der Waals surface area contributed by atoms with E-state index in [4.69, 9.17) is 18.9 Å². The number of ether oxygens (including phenoxy) is 4. The first kappa shape index (κ1) is 29.1. The van der Waals surface area contributed by atoms with E-state index in [1.807, 2.05) is 0 Å². The van der Waals surface area contributed by atoms with Crippen molar-refractivity contribution in [1.29, 1.82) is 0 Å². The Morgan fingerprint density at radius 3 is 2.23 bits per heavy atom. The van der Waals surface area contributed by atoms with Crippen molar-refractivity contribution >= 4 is 0 Å². The van der Waals surface area contributed by atoms with Crippen LogP contribution in [0, 0.1) is 17.3 Å². The van der Waals surface area contributed by atoms with E-state index in [0.717, 1.165) is 19.3 Å². The van der Waals surface area contributed by atoms with Gasteiger partial charge in [0.1, 0.15) is 42.7 Å². The van der Waals surface area contributed by atoms with Crippen molar-refractivity contribution in [2.24, 2.45) is 17.3 Å². The van der Waals surface area contributed by atoms with Gasteiger partial charge in [-0.05, 0) is 49.9 Å². The second-order valence-corrected chi connectivity index (χ2v) is 11.3. The van der Waals surface area contributed by atoms with Crippen LogP contribution < -0.4 is 0 Å². The van der Waals surface area contributed by atoms with Crippen LogP contribution in [-0.2, 0) is 18.9 Å². The molecule has 2 aliphatic heterocycles. The van der Waals surface area contributed by atoms with Crippen LogP contribution in [0.5, 0.6) is 0 Å². The summed E-state index contributed by atoms with van der Waals surface area (Å²) in [6.07, 6.45) is -9.76. The zero-order valence-electron chi connectivity index (χ0n) is 21.0. The maximum Gasteiger partial charge on any atom is 0.186 e. The number of aliphatic hydroxyl groups excluding tert-OH is 7. The van der Waals surface area contributed by atoms with Crippen molar-refractivity contribution in [3.05, 3.63) is 0 Å². The zero-order valence-corrected chi connectivity index (χ0v) is 21.0. The third kappa shape index (κ3) is 6.91. The first-order chi connectivity index (χ1) is 16.3. The van der Waals surface area contributed by atoms with Crippen LogP contribution in [0.4, 0.5) is 0 Å². The quantitative estimate of drug-likeness (QED) is 0.211. The molecule has 0 unspecified atom stereocenters. The Morgan fingerprint density at radius 1 is 0.943 bits per heavy atom. The van der Waals surface area contributed by atoms with Gasteiger partial charge >= 0.3 is 0 Å². The highest BCUT2D eigenvalue weighted by atomic mass is 16.7. The van der Waals surface area contributed by atoms with E-state index >= 15 is 0 Å². The summed E-state index contributed by atoms with van der Waals surface area (Å²) in [5.41, 5.74) is -0.0721. The van der Waals surface area contributed by atoms with E-state index in [1.54, 1.807) is 6.92 Å². The van der Waals surface area contributed by atoms with E-state index in [1.165, 1.54) is 0 Å². The molecule has 0 aromatic carbocycles. The molecule has 3 rings (SSSR count). The molecule has 2 saturated heterocycles. The zero-order chi connectivity index (χ0) is 26.1. The molecule has 0 bridgehead atoms. The highest BCUT2D eigenvalue weighted by Gasteiger charge is 2.48. The van der Waals surface area contributed by atoms with Crippen molar-refractivity contribution < 1.29 is 54.7 Å². The molecule has 0 amide bonds. The monoisotopic (exact) mass is 508 g/mol. The lowest BCUT2D eigenvalue weighted by molar-refractivity contribution is -0.331. The molecule has 3 fully saturated rings. The molecule has 35 heavy (non-hydrogen) atoms. The molecule has 1 saturated carbocycles. The molecule has 0 aromatic heterocycles. The highest BCUT2D eigenvalue weighted by molar-refractivity contribution is 4.94. The standard InChI is InChI=1S/C24H44O11/c1-11-7-13(8-24(3,4)14(11)6-5-12(2)25)34-23-21(31)19(29)18(28)16(35-23)10-33-22-20(30)17(27)15(26)9-32-22/h11-23,25-31H,5-10H2,1-4H3/t11-,12-,13+,14+,15+,16-,17+,18-,19+,20-,21-,22+,23-/m1/s1. The van der Waals surface area contributed by atoms with Crippen molar-refractivity contribution in [2.75, 3.05) is 13.2 Å². The summed E-state index contributed by atoms with van der Waals surface area (Å²) >= 11 is 0. The van der Waals surface area contributed by atoms with Crippen LogP contribution in [0.15, 0.2) is 0 Å². The summed E-state index contributed by atoms with van der Waals surface area (Å²) in [4.78, 5) is 0. The predicted octanol–water partition coefficient (Wildman–Crippen LogP) is -1.13. The largest absolute Gasteiger partial charge is 0.393 e. The minimum absolute atomic E-state index is 0.0721. The lowest BCUT2D eigenvalue weighted by Gasteiger charge is -2.48. The smallest absolute Gasteiger partial charge is 0.186 e. The summed E-state index contributed by atoms with van der Waals surface area (Å²) in [7, 11) is 0. The van der Waals surface area contributed by atoms with Crippen molar-refractivity contribution in [3.63, 3.8) is 0 Å². The second kappa shape index (κ2) is 12.0. The lowest BCUT2D eigenvalue weighted by atomic mass is 9.61. The van der Waals surface area contributed by atoms with Gasteiger partial charge in [0.2, 0.25) is 0 Å². The number of rotatable bonds is 8. The summed E-state index contributed by atoms with van der Waals surface area (Å²) in [6.45, 7) is 7.72. The van der Waals surface area contributed by atoms with Crippen molar-refractivity contribution in [1.82, 2.24) is 0 Å². The second-order valence-electron chi connectivity index (χ2n) is 11.3. The molecule has 0 spiro atoms. The summed E-state index contributed by atoms with van der Waals surface area (Å²) < 4.78 is 22.5. The van der Waals surface area contributed by atoms with Gasteiger partial charge in [0.25, 0.3) is 0 Å². The summed E-state index contributed by atoms with van der Waals surface area (Å²) in [5, 5.41) is 70.4. The van der Waals surface area contributed by atoms with Gasteiger partial charge < -0.3 is 54.7 Å². The molecule has 206 valence electrons. The third-order valence-corrected chi connectivity index (χ3v) is 7.85. The van der Waals surface area contributed by atoms with Gasteiger partial charge in [-0.15, -0.1) is 0 Å². The predicted molar refractivity (Wildman–Crippen MR) is 122 cm³/mol. The van der Waals surface area contributed by atoms with Crippen LogP contribution in [-0.4, -0.2) is 116 Å². The van der Waals surface area contributed by atoms with E-state index in [9.17, 15) is 35.7 Å². The average Bonchev–Trinajstić information content (AvgIpc) is 2.77. The van der Waals surface area contributed by atoms with Crippen LogP contribution in [0.1, 0.15) is 53.4 Å². The fourth-order valence-electron chi connectivity index (χ4n) is 5.84. The van der Waals surface area contributed by atoms with Gasteiger partial charge in [0, 0.05) is 0 Å². The van der Waals surface area contributed by atoms with Gasteiger partial charge in [0.05, 0.1) is 25.4 Å². The Hall–Kier alpha value is -0.440. The fourth-order valence-corrected chi connectivity index (χ4v) is 5.84. The number of aliphatic hydroxyl groups is 7. The normalized spacial score (nSPS) is 47.4. The summed E-state index contributed by atoms with van der Waals surface area (Å²) in [6, 6.07) is 0. The number of hydrogen-bond acceptors (Lipinski definition) is 11. The van der Waals surface area contributed by atoms with Crippen LogP contribution in [0.2, 0.25) is 0 Å². The Kier molecular flexibility index (Phi) is 9.94. The SMILES string of the molecule is C[C@@H]1C[C@H](O[C@@H]2O[C@H](CO[C@@H]3OC[C@H](O)[C@H](O)[C@H]3O)[C@@H](O)[C@H](O)[C@H]2O)CC(C)(C)[C@H]1CC[C@@H](C)O. The molecule has 7 N–H and O–H groups in total. The first-order valence-corrected chi connectivity index (χ1v) is 12.6. The topological polar surface area (TPSA) is 179 Å². The highest BCUT2D eigenvalue weighted by Crippen LogP contribution is 2.47. The maximum atomic E-state index is 10.5. The van der Waals surface area contributed by atoms with Crippen molar-refractivity contribution in [2.45, 2.75) is 121 Å². The Balaban J connectivity index is 1.59. The van der Waals surface area contributed by atoms with Crippen molar-refractivity contribution in [3.8, 4) is 0 Å².